The van der Waals surface area contributed by atoms with Crippen LogP contribution in [0.2, 0.25) is 0 Å². The molecule has 86 valence electrons. The summed E-state index contributed by atoms with van der Waals surface area (Å²) in [5, 5.41) is 11.7. The Bertz CT molecular complexity index is 387. The molecule has 1 aromatic carbocycles. The van der Waals surface area contributed by atoms with E-state index in [1.165, 1.54) is 6.07 Å². The van der Waals surface area contributed by atoms with Gasteiger partial charge >= 0.3 is 0 Å². The highest BCUT2D eigenvalue weighted by atomic mass is 32.2. The Morgan fingerprint density at radius 1 is 1.56 bits per heavy atom. The van der Waals surface area contributed by atoms with Gasteiger partial charge in [0.25, 0.3) is 0 Å². The van der Waals surface area contributed by atoms with Crippen molar-refractivity contribution >= 4 is 17.4 Å². The van der Waals surface area contributed by atoms with E-state index in [1.807, 2.05) is 13.0 Å². The molecule has 1 unspecified atom stereocenters. The third kappa shape index (κ3) is 3.74. The number of anilines is 1. The van der Waals surface area contributed by atoms with E-state index in [0.29, 0.717) is 11.3 Å². The first-order valence-electron chi connectivity index (χ1n) is 5.12. The fourth-order valence-corrected chi connectivity index (χ4v) is 1.92. The zero-order valence-electron chi connectivity index (χ0n) is 9.46. The second-order valence-electron chi connectivity index (χ2n) is 3.63. The first kappa shape index (κ1) is 12.9. The van der Waals surface area contributed by atoms with Gasteiger partial charge in [0, 0.05) is 6.04 Å². The molecule has 0 saturated heterocycles. The molecule has 2 nitrogen and oxygen atoms in total. The fraction of sp³-hybridized carbons (Fsp3) is 0.417. The Morgan fingerprint density at radius 2 is 2.31 bits per heavy atom. The average molecular weight is 238 g/mol. The summed E-state index contributed by atoms with van der Waals surface area (Å²) in [5.41, 5.74) is 0.812. The SMILES string of the molecule is CSCCC(C)Nc1ccc(C#N)cc1F. The Morgan fingerprint density at radius 3 is 2.88 bits per heavy atom. The van der Waals surface area contributed by atoms with Crippen LogP contribution in [0, 0.1) is 17.1 Å². The first-order chi connectivity index (χ1) is 7.67. The largest absolute Gasteiger partial charge is 0.380 e. The van der Waals surface area contributed by atoms with E-state index in [0.717, 1.165) is 12.2 Å². The van der Waals surface area contributed by atoms with E-state index < -0.39 is 0 Å². The minimum Gasteiger partial charge on any atom is -0.380 e. The molecule has 0 heterocycles. The Kier molecular flexibility index (Phi) is 5.13. The van der Waals surface area contributed by atoms with Gasteiger partial charge < -0.3 is 5.32 Å². The molecular formula is C12H15FN2S. The van der Waals surface area contributed by atoms with Gasteiger partial charge in [-0.25, -0.2) is 4.39 Å². The van der Waals surface area contributed by atoms with Gasteiger partial charge in [0.1, 0.15) is 5.82 Å². The molecule has 0 bridgehead atoms. The van der Waals surface area contributed by atoms with Gasteiger partial charge in [0.15, 0.2) is 0 Å². The Balaban J connectivity index is 2.64. The number of hydrogen-bond acceptors (Lipinski definition) is 3. The highest BCUT2D eigenvalue weighted by Gasteiger charge is 2.06. The molecule has 1 atom stereocenters. The molecular weight excluding hydrogens is 223 g/mol. The van der Waals surface area contributed by atoms with Crippen LogP contribution >= 0.6 is 11.8 Å². The second-order valence-corrected chi connectivity index (χ2v) is 4.62. The summed E-state index contributed by atoms with van der Waals surface area (Å²) in [6.45, 7) is 2.02. The maximum Gasteiger partial charge on any atom is 0.147 e. The van der Waals surface area contributed by atoms with E-state index in [2.05, 4.69) is 11.6 Å². The van der Waals surface area contributed by atoms with E-state index >= 15 is 0 Å². The van der Waals surface area contributed by atoms with E-state index in [9.17, 15) is 4.39 Å². The van der Waals surface area contributed by atoms with Crippen molar-refractivity contribution in [3.05, 3.63) is 29.6 Å². The normalized spacial score (nSPS) is 11.9. The highest BCUT2D eigenvalue weighted by Crippen LogP contribution is 2.17. The number of benzene rings is 1. The minimum absolute atomic E-state index is 0.231. The van der Waals surface area contributed by atoms with Crippen molar-refractivity contribution in [2.75, 3.05) is 17.3 Å². The predicted molar refractivity (Wildman–Crippen MR) is 67.2 cm³/mol. The fourth-order valence-electron chi connectivity index (χ4n) is 1.33. The van der Waals surface area contributed by atoms with E-state index in [-0.39, 0.29) is 11.9 Å². The summed E-state index contributed by atoms with van der Waals surface area (Å²) in [5.74, 6) is 0.682. The van der Waals surface area contributed by atoms with Crippen LogP contribution in [-0.2, 0) is 0 Å². The number of nitrogens with one attached hydrogen (secondary N) is 1. The number of halogens is 1. The molecule has 0 aliphatic carbocycles. The maximum atomic E-state index is 13.5. The Labute approximate surface area is 99.9 Å². The lowest BCUT2D eigenvalue weighted by atomic mass is 10.2. The summed E-state index contributed by atoms with van der Waals surface area (Å²) in [7, 11) is 0. The molecule has 0 amide bonds. The molecule has 0 saturated carbocycles. The molecule has 0 aromatic heterocycles. The van der Waals surface area contributed by atoms with Crippen LogP contribution in [0.3, 0.4) is 0 Å². The summed E-state index contributed by atoms with van der Waals surface area (Å²) >= 11 is 1.77. The molecule has 0 radical (unpaired) electrons. The molecule has 1 rings (SSSR count). The average Bonchev–Trinajstić information content (AvgIpc) is 2.29. The second kappa shape index (κ2) is 6.39. The minimum atomic E-state index is -0.366. The number of hydrogen-bond donors (Lipinski definition) is 1. The Hall–Kier alpha value is -1.21. The number of thioether (sulfide) groups is 1. The maximum absolute atomic E-state index is 13.5. The number of rotatable bonds is 5. The van der Waals surface area contributed by atoms with Gasteiger partial charge in [0.2, 0.25) is 0 Å². The van der Waals surface area contributed by atoms with Gasteiger partial charge in [-0.05, 0) is 43.6 Å². The zero-order valence-corrected chi connectivity index (χ0v) is 10.3. The lowest BCUT2D eigenvalue weighted by Gasteiger charge is -2.15. The summed E-state index contributed by atoms with van der Waals surface area (Å²) in [6, 6.07) is 6.63. The molecule has 16 heavy (non-hydrogen) atoms. The van der Waals surface area contributed by atoms with Crippen LogP contribution in [0.1, 0.15) is 18.9 Å². The first-order valence-corrected chi connectivity index (χ1v) is 6.52. The summed E-state index contributed by atoms with van der Waals surface area (Å²) < 4.78 is 13.5. The smallest absolute Gasteiger partial charge is 0.147 e. The van der Waals surface area contributed by atoms with Crippen molar-refractivity contribution < 1.29 is 4.39 Å². The molecule has 0 aliphatic rings. The molecule has 0 fully saturated rings. The van der Waals surface area contributed by atoms with Crippen LogP contribution in [0.4, 0.5) is 10.1 Å². The van der Waals surface area contributed by atoms with E-state index in [4.69, 9.17) is 5.26 Å². The van der Waals surface area contributed by atoms with Crippen molar-refractivity contribution in [1.29, 1.82) is 5.26 Å². The van der Waals surface area contributed by atoms with Gasteiger partial charge in [-0.3, -0.25) is 0 Å². The van der Waals surface area contributed by atoms with Crippen molar-refractivity contribution in [3.63, 3.8) is 0 Å². The summed E-state index contributed by atoms with van der Waals surface area (Å²) in [6.07, 6.45) is 3.04. The van der Waals surface area contributed by atoms with Crippen LogP contribution in [-0.4, -0.2) is 18.1 Å². The van der Waals surface area contributed by atoms with Crippen molar-refractivity contribution in [1.82, 2.24) is 0 Å². The van der Waals surface area contributed by atoms with Gasteiger partial charge in [0.05, 0.1) is 17.3 Å². The highest BCUT2D eigenvalue weighted by molar-refractivity contribution is 7.98. The number of nitriles is 1. The predicted octanol–water partition coefficient (Wildman–Crippen LogP) is 3.25. The van der Waals surface area contributed by atoms with Gasteiger partial charge in [-0.15, -0.1) is 0 Å². The topological polar surface area (TPSA) is 35.8 Å². The lowest BCUT2D eigenvalue weighted by molar-refractivity contribution is 0.624. The molecule has 0 aliphatic heterocycles. The zero-order chi connectivity index (χ0) is 12.0. The van der Waals surface area contributed by atoms with E-state index in [1.54, 1.807) is 23.9 Å². The van der Waals surface area contributed by atoms with Crippen molar-refractivity contribution in [3.8, 4) is 6.07 Å². The third-order valence-corrected chi connectivity index (χ3v) is 2.90. The monoisotopic (exact) mass is 238 g/mol. The summed E-state index contributed by atoms with van der Waals surface area (Å²) in [4.78, 5) is 0. The lowest BCUT2D eigenvalue weighted by Crippen LogP contribution is -2.16. The third-order valence-electron chi connectivity index (χ3n) is 2.26. The van der Waals surface area contributed by atoms with Gasteiger partial charge in [-0.1, -0.05) is 0 Å². The van der Waals surface area contributed by atoms with Crippen LogP contribution in [0.15, 0.2) is 18.2 Å². The van der Waals surface area contributed by atoms with Crippen molar-refractivity contribution in [2.45, 2.75) is 19.4 Å². The molecule has 0 spiro atoms. The quantitative estimate of drug-likeness (QED) is 0.855. The number of nitrogens with zero attached hydrogens (tertiary/aromatic N) is 1. The molecule has 1 N–H and O–H groups in total. The van der Waals surface area contributed by atoms with Crippen LogP contribution < -0.4 is 5.32 Å². The van der Waals surface area contributed by atoms with Gasteiger partial charge in [-0.2, -0.15) is 17.0 Å². The molecule has 1 aromatic rings. The van der Waals surface area contributed by atoms with Crippen LogP contribution in [0.5, 0.6) is 0 Å². The molecule has 4 heteroatoms. The standard InChI is InChI=1S/C12H15FN2S/c1-9(5-6-16-2)15-12-4-3-10(8-14)7-11(12)13/h3-4,7,9,15H,5-6H2,1-2H3. The van der Waals surface area contributed by atoms with Crippen LogP contribution in [0.25, 0.3) is 0 Å². The van der Waals surface area contributed by atoms with Crippen molar-refractivity contribution in [2.24, 2.45) is 0 Å².